The van der Waals surface area contributed by atoms with E-state index in [-0.39, 0.29) is 11.3 Å². The molecule has 0 amide bonds. The van der Waals surface area contributed by atoms with Gasteiger partial charge in [0.15, 0.2) is 10.6 Å². The molecule has 0 bridgehead atoms. The van der Waals surface area contributed by atoms with E-state index in [4.69, 9.17) is 9.47 Å². The summed E-state index contributed by atoms with van der Waals surface area (Å²) in [6.45, 7) is 3.34. The molecule has 6 nitrogen and oxygen atoms in total. The topological polar surface area (TPSA) is 69.9 Å². The molecule has 2 heterocycles. The quantitative estimate of drug-likeness (QED) is 0.351. The molecule has 0 aliphatic carbocycles. The van der Waals surface area contributed by atoms with Gasteiger partial charge in [0.1, 0.15) is 11.5 Å². The second-order valence-corrected chi connectivity index (χ2v) is 10.3. The minimum Gasteiger partial charge on any atom is -0.496 e. The number of nitrogens with zero attached hydrogens (tertiary/aromatic N) is 2. The van der Waals surface area contributed by atoms with Crippen LogP contribution in [0.15, 0.2) is 80.1 Å². The van der Waals surface area contributed by atoms with E-state index in [0.29, 0.717) is 32.1 Å². The van der Waals surface area contributed by atoms with Crippen molar-refractivity contribution in [2.24, 2.45) is 4.99 Å². The van der Waals surface area contributed by atoms with E-state index < -0.39 is 6.04 Å². The van der Waals surface area contributed by atoms with Crippen LogP contribution in [-0.4, -0.2) is 24.6 Å². The Hall–Kier alpha value is -3.49. The molecule has 5 rings (SSSR count). The minimum absolute atomic E-state index is 0.135. The maximum atomic E-state index is 13.9. The van der Waals surface area contributed by atoms with E-state index in [1.54, 1.807) is 18.8 Å². The number of methoxy groups -OCH3 is 2. The zero-order valence-corrected chi connectivity index (χ0v) is 22.6. The van der Waals surface area contributed by atoms with Crippen molar-refractivity contribution in [3.05, 3.63) is 101 Å². The van der Waals surface area contributed by atoms with Crippen LogP contribution < -0.4 is 24.4 Å². The molecule has 0 radical (unpaired) electrons. The molecule has 0 fully saturated rings. The highest BCUT2D eigenvalue weighted by Gasteiger charge is 2.33. The number of hydrogen-bond acceptors (Lipinski definition) is 6. The van der Waals surface area contributed by atoms with Gasteiger partial charge in [0, 0.05) is 16.8 Å². The average molecular weight is 563 g/mol. The normalized spacial score (nSPS) is 15.6. The second-order valence-electron chi connectivity index (χ2n) is 8.43. The number of carbonyl (C=O) groups excluding carboxylic acids is 1. The van der Waals surface area contributed by atoms with Crippen LogP contribution in [0.5, 0.6) is 11.5 Å². The first kappa shape index (κ1) is 24.2. The van der Waals surface area contributed by atoms with Gasteiger partial charge in [-0.05, 0) is 70.4 Å². The van der Waals surface area contributed by atoms with Crippen molar-refractivity contribution in [1.82, 2.24) is 4.57 Å². The van der Waals surface area contributed by atoms with E-state index in [1.807, 2.05) is 67.6 Å². The molecule has 0 saturated heterocycles. The first-order valence-corrected chi connectivity index (χ1v) is 12.9. The number of ether oxygens (including phenoxy) is 2. The van der Waals surface area contributed by atoms with Crippen molar-refractivity contribution in [2.45, 2.75) is 19.9 Å². The van der Waals surface area contributed by atoms with Crippen LogP contribution in [0.1, 0.15) is 31.0 Å². The predicted molar refractivity (Wildman–Crippen MR) is 146 cm³/mol. The molecule has 4 aromatic rings. The molecule has 182 valence electrons. The van der Waals surface area contributed by atoms with Crippen LogP contribution in [0.4, 0.5) is 0 Å². The van der Waals surface area contributed by atoms with Crippen molar-refractivity contribution < 1.29 is 14.3 Å². The van der Waals surface area contributed by atoms with E-state index in [0.717, 1.165) is 26.4 Å². The molecule has 1 atom stereocenters. The number of carbonyl (C=O) groups is 1. The molecule has 1 aliphatic rings. The smallest absolute Gasteiger partial charge is 0.271 e. The molecular formula is C28H23BrN2O4S. The summed E-state index contributed by atoms with van der Waals surface area (Å²) in [5.41, 5.74) is 2.49. The fourth-order valence-corrected chi connectivity index (χ4v) is 6.31. The highest BCUT2D eigenvalue weighted by atomic mass is 79.9. The van der Waals surface area contributed by atoms with E-state index in [1.165, 1.54) is 18.3 Å². The Bertz CT molecular complexity index is 1750. The molecule has 1 unspecified atom stereocenters. The number of benzene rings is 3. The van der Waals surface area contributed by atoms with Gasteiger partial charge in [0.05, 0.1) is 29.3 Å². The number of ketones is 1. The number of Topliss-reactive ketones (excluding diaryl/α,β-unsaturated/α-hetero) is 1. The molecule has 1 aromatic heterocycles. The minimum atomic E-state index is -0.662. The van der Waals surface area contributed by atoms with Crippen LogP contribution in [0.25, 0.3) is 16.8 Å². The lowest BCUT2D eigenvalue weighted by molar-refractivity contribution is -0.114. The summed E-state index contributed by atoms with van der Waals surface area (Å²) in [5.74, 6) is 1.18. The average Bonchev–Trinajstić information content (AvgIpc) is 3.16. The van der Waals surface area contributed by atoms with Crippen molar-refractivity contribution in [3.63, 3.8) is 0 Å². The van der Waals surface area contributed by atoms with Gasteiger partial charge in [-0.3, -0.25) is 14.2 Å². The van der Waals surface area contributed by atoms with Crippen LogP contribution in [0.3, 0.4) is 0 Å². The summed E-state index contributed by atoms with van der Waals surface area (Å²) in [4.78, 5) is 32.1. The molecule has 36 heavy (non-hydrogen) atoms. The number of allylic oxidation sites excluding steroid dienone is 2. The third-order valence-electron chi connectivity index (χ3n) is 6.30. The zero-order valence-electron chi connectivity index (χ0n) is 20.2. The van der Waals surface area contributed by atoms with Gasteiger partial charge in [0.2, 0.25) is 0 Å². The fourth-order valence-electron chi connectivity index (χ4n) is 4.70. The van der Waals surface area contributed by atoms with Crippen molar-refractivity contribution in [2.75, 3.05) is 14.2 Å². The lowest BCUT2D eigenvalue weighted by Gasteiger charge is -2.27. The van der Waals surface area contributed by atoms with Gasteiger partial charge in [-0.25, -0.2) is 4.99 Å². The van der Waals surface area contributed by atoms with Gasteiger partial charge >= 0.3 is 0 Å². The third kappa shape index (κ3) is 4.00. The molecule has 1 aliphatic heterocycles. The molecule has 0 saturated carbocycles. The Morgan fingerprint density at radius 2 is 1.81 bits per heavy atom. The van der Waals surface area contributed by atoms with Gasteiger partial charge in [0.25, 0.3) is 5.56 Å². The molecule has 0 N–H and O–H groups in total. The zero-order chi connectivity index (χ0) is 25.6. The molecule has 0 spiro atoms. The number of fused-ring (bicyclic) bond motifs is 2. The molecular weight excluding hydrogens is 540 g/mol. The number of rotatable bonds is 5. The van der Waals surface area contributed by atoms with Gasteiger partial charge in [-0.2, -0.15) is 0 Å². The molecule has 3 aromatic carbocycles. The van der Waals surface area contributed by atoms with Crippen molar-refractivity contribution >= 4 is 49.9 Å². The standard InChI is InChI=1S/C28H23BrN2O4S/c1-15-24(16(2)32)26(25-19-8-6-5-7-18(19)10-12-22(25)35-4)31-27(33)23(36-28(31)30-15)14-17-9-11-21(34-3)20(29)13-17/h5-14,26H,1-4H3. The van der Waals surface area contributed by atoms with E-state index >= 15 is 0 Å². The Balaban J connectivity index is 1.82. The van der Waals surface area contributed by atoms with Crippen molar-refractivity contribution in [3.8, 4) is 11.5 Å². The number of hydrogen-bond donors (Lipinski definition) is 0. The lowest BCUT2D eigenvalue weighted by Crippen LogP contribution is -2.39. The number of halogens is 1. The Morgan fingerprint density at radius 1 is 1.08 bits per heavy atom. The maximum Gasteiger partial charge on any atom is 0.271 e. The van der Waals surface area contributed by atoms with Gasteiger partial charge in [-0.1, -0.05) is 47.7 Å². The SMILES string of the molecule is COc1ccc(C=c2sc3n(c2=O)C(c2c(OC)ccc4ccccc24)C(C(C)=O)=C(C)N=3)cc1Br. The van der Waals surface area contributed by atoms with E-state index in [9.17, 15) is 9.59 Å². The van der Waals surface area contributed by atoms with E-state index in [2.05, 4.69) is 20.9 Å². The summed E-state index contributed by atoms with van der Waals surface area (Å²) >= 11 is 4.81. The highest BCUT2D eigenvalue weighted by Crippen LogP contribution is 2.40. The number of thiazole rings is 1. The maximum absolute atomic E-state index is 13.9. The summed E-state index contributed by atoms with van der Waals surface area (Å²) in [7, 11) is 3.21. The first-order valence-electron chi connectivity index (χ1n) is 11.3. The Morgan fingerprint density at radius 3 is 2.50 bits per heavy atom. The van der Waals surface area contributed by atoms with Crippen LogP contribution >= 0.6 is 27.3 Å². The van der Waals surface area contributed by atoms with Crippen molar-refractivity contribution in [1.29, 1.82) is 0 Å². The van der Waals surface area contributed by atoms with Crippen LogP contribution in [-0.2, 0) is 4.79 Å². The predicted octanol–water partition coefficient (Wildman–Crippen LogP) is 4.76. The van der Waals surface area contributed by atoms with Crippen LogP contribution in [0.2, 0.25) is 0 Å². The summed E-state index contributed by atoms with van der Waals surface area (Å²) in [6.07, 6.45) is 1.83. The summed E-state index contributed by atoms with van der Waals surface area (Å²) < 4.78 is 14.0. The third-order valence-corrected chi connectivity index (χ3v) is 7.90. The monoisotopic (exact) mass is 562 g/mol. The lowest BCUT2D eigenvalue weighted by atomic mass is 9.89. The fraction of sp³-hybridized carbons (Fsp3) is 0.179. The van der Waals surface area contributed by atoms with Gasteiger partial charge in [-0.15, -0.1) is 0 Å². The largest absolute Gasteiger partial charge is 0.496 e. The first-order chi connectivity index (χ1) is 17.3. The molecule has 8 heteroatoms. The Kier molecular flexibility index (Phi) is 6.40. The highest BCUT2D eigenvalue weighted by molar-refractivity contribution is 9.10. The number of aromatic nitrogens is 1. The Labute approximate surface area is 220 Å². The summed E-state index contributed by atoms with van der Waals surface area (Å²) in [5, 5.41) is 1.92. The summed E-state index contributed by atoms with van der Waals surface area (Å²) in [6, 6.07) is 16.7. The van der Waals surface area contributed by atoms with Gasteiger partial charge < -0.3 is 9.47 Å². The van der Waals surface area contributed by atoms with Crippen LogP contribution in [0, 0.1) is 0 Å². The second kappa shape index (κ2) is 9.52.